The molecule has 0 amide bonds. The van der Waals surface area contributed by atoms with E-state index in [0.29, 0.717) is 15.7 Å². The van der Waals surface area contributed by atoms with Crippen LogP contribution in [0, 0.1) is 0 Å². The fourth-order valence-electron chi connectivity index (χ4n) is 1.26. The lowest BCUT2D eigenvalue weighted by Crippen LogP contribution is -1.93. The van der Waals surface area contributed by atoms with E-state index in [9.17, 15) is 0 Å². The summed E-state index contributed by atoms with van der Waals surface area (Å²) in [7, 11) is 0. The smallest absolute Gasteiger partial charge is 0.0694 e. The van der Waals surface area contributed by atoms with Crippen molar-refractivity contribution in [2.45, 2.75) is 0 Å². The number of hydrogen-bond donors (Lipinski definition) is 2. The van der Waals surface area contributed by atoms with Crippen LogP contribution in [-0.2, 0) is 0 Å². The Hall–Kier alpha value is -1.45. The Morgan fingerprint density at radius 3 is 2.12 bits per heavy atom. The number of hydrogen-bond acceptors (Lipinski definition) is 3. The molecule has 82 valence electrons. The highest BCUT2D eigenvalue weighted by atomic mass is 35.5. The Balaban J connectivity index is 2.29. The van der Waals surface area contributed by atoms with E-state index in [4.69, 9.17) is 28.9 Å². The van der Waals surface area contributed by atoms with Gasteiger partial charge in [-0.25, -0.2) is 0 Å². The Bertz CT molecular complexity index is 477. The molecule has 0 aliphatic rings. The molecular formula is C11H9Cl2N3. The van der Waals surface area contributed by atoms with Crippen LogP contribution in [0.4, 0.5) is 17.1 Å². The molecule has 0 fully saturated rings. The molecule has 1 heterocycles. The fourth-order valence-corrected chi connectivity index (χ4v) is 1.75. The minimum atomic E-state index is 0.392. The van der Waals surface area contributed by atoms with Gasteiger partial charge in [-0.15, -0.1) is 0 Å². The van der Waals surface area contributed by atoms with Crippen molar-refractivity contribution >= 4 is 40.3 Å². The number of anilines is 3. The molecule has 0 saturated heterocycles. The zero-order valence-electron chi connectivity index (χ0n) is 8.24. The predicted molar refractivity (Wildman–Crippen MR) is 68.4 cm³/mol. The molecule has 5 heteroatoms. The number of benzene rings is 1. The molecular weight excluding hydrogens is 245 g/mol. The van der Waals surface area contributed by atoms with Crippen LogP contribution in [0.2, 0.25) is 10.0 Å². The Kier molecular flexibility index (Phi) is 3.17. The van der Waals surface area contributed by atoms with Crippen LogP contribution in [-0.4, -0.2) is 4.98 Å². The molecule has 0 spiro atoms. The van der Waals surface area contributed by atoms with Crippen molar-refractivity contribution in [3.05, 3.63) is 46.7 Å². The topological polar surface area (TPSA) is 50.9 Å². The van der Waals surface area contributed by atoms with Crippen LogP contribution < -0.4 is 11.1 Å². The van der Waals surface area contributed by atoms with Crippen molar-refractivity contribution in [3.63, 3.8) is 0 Å². The summed E-state index contributed by atoms with van der Waals surface area (Å²) in [4.78, 5) is 3.92. The van der Waals surface area contributed by atoms with Crippen molar-refractivity contribution in [1.29, 1.82) is 0 Å². The van der Waals surface area contributed by atoms with Gasteiger partial charge in [0.05, 0.1) is 15.7 Å². The molecule has 0 radical (unpaired) electrons. The van der Waals surface area contributed by atoms with Gasteiger partial charge in [-0.3, -0.25) is 4.98 Å². The summed E-state index contributed by atoms with van der Waals surface area (Å²) in [6.07, 6.45) is 3.39. The first-order valence-electron chi connectivity index (χ1n) is 4.58. The van der Waals surface area contributed by atoms with Crippen LogP contribution in [0.1, 0.15) is 0 Å². The summed E-state index contributed by atoms with van der Waals surface area (Å²) < 4.78 is 0. The van der Waals surface area contributed by atoms with Crippen LogP contribution in [0.25, 0.3) is 0 Å². The van der Waals surface area contributed by atoms with Crippen molar-refractivity contribution in [1.82, 2.24) is 4.98 Å². The Morgan fingerprint density at radius 1 is 1.00 bits per heavy atom. The number of aromatic nitrogens is 1. The number of nitrogens with two attached hydrogens (primary N) is 1. The first-order chi connectivity index (χ1) is 7.66. The summed E-state index contributed by atoms with van der Waals surface area (Å²) in [6, 6.07) is 7.14. The van der Waals surface area contributed by atoms with E-state index in [1.165, 1.54) is 0 Å². The predicted octanol–water partition coefficient (Wildman–Crippen LogP) is 3.71. The van der Waals surface area contributed by atoms with Gasteiger partial charge in [0.25, 0.3) is 0 Å². The van der Waals surface area contributed by atoms with Crippen LogP contribution >= 0.6 is 23.2 Å². The van der Waals surface area contributed by atoms with Gasteiger partial charge >= 0.3 is 0 Å². The Morgan fingerprint density at radius 2 is 1.56 bits per heavy atom. The number of pyridine rings is 1. The molecule has 3 N–H and O–H groups in total. The SMILES string of the molecule is Nc1c(Cl)cc(Nc2ccncc2)cc1Cl. The maximum atomic E-state index is 5.92. The fraction of sp³-hybridized carbons (Fsp3) is 0. The van der Waals surface area contributed by atoms with Gasteiger partial charge in [-0.05, 0) is 24.3 Å². The van der Waals surface area contributed by atoms with Crippen LogP contribution in [0.3, 0.4) is 0 Å². The quantitative estimate of drug-likeness (QED) is 0.803. The normalized spacial score (nSPS) is 10.1. The average Bonchev–Trinajstić information content (AvgIpc) is 2.27. The number of nitrogens with zero attached hydrogens (tertiary/aromatic N) is 1. The minimum Gasteiger partial charge on any atom is -0.396 e. The van der Waals surface area contributed by atoms with Gasteiger partial charge in [-0.1, -0.05) is 23.2 Å². The number of nitrogens with one attached hydrogen (secondary N) is 1. The molecule has 0 aliphatic heterocycles. The number of halogens is 2. The molecule has 3 nitrogen and oxygen atoms in total. The zero-order chi connectivity index (χ0) is 11.5. The number of rotatable bonds is 2. The molecule has 2 aromatic rings. The van der Waals surface area contributed by atoms with Gasteiger partial charge in [0.15, 0.2) is 0 Å². The summed E-state index contributed by atoms with van der Waals surface area (Å²) in [5, 5.41) is 4.02. The van der Waals surface area contributed by atoms with E-state index >= 15 is 0 Å². The minimum absolute atomic E-state index is 0.392. The lowest BCUT2D eigenvalue weighted by atomic mass is 10.2. The molecule has 0 aliphatic carbocycles. The number of nitrogen functional groups attached to an aromatic ring is 1. The summed E-state index contributed by atoms with van der Waals surface area (Å²) >= 11 is 11.8. The van der Waals surface area contributed by atoms with Crippen molar-refractivity contribution < 1.29 is 0 Å². The molecule has 0 saturated carbocycles. The largest absolute Gasteiger partial charge is 0.396 e. The summed E-state index contributed by atoms with van der Waals surface area (Å²) in [5.41, 5.74) is 7.73. The van der Waals surface area contributed by atoms with Crippen molar-refractivity contribution in [3.8, 4) is 0 Å². The maximum absolute atomic E-state index is 5.92. The third kappa shape index (κ3) is 2.38. The highest BCUT2D eigenvalue weighted by molar-refractivity contribution is 6.39. The van der Waals surface area contributed by atoms with E-state index in [0.717, 1.165) is 11.4 Å². The molecule has 2 rings (SSSR count). The van der Waals surface area contributed by atoms with Gasteiger partial charge in [0, 0.05) is 23.8 Å². The van der Waals surface area contributed by atoms with E-state index in [1.807, 2.05) is 12.1 Å². The zero-order valence-corrected chi connectivity index (χ0v) is 9.76. The lowest BCUT2D eigenvalue weighted by molar-refractivity contribution is 1.32. The van der Waals surface area contributed by atoms with Crippen LogP contribution in [0.15, 0.2) is 36.7 Å². The summed E-state index contributed by atoms with van der Waals surface area (Å²) in [5.74, 6) is 0. The molecule has 1 aromatic carbocycles. The van der Waals surface area contributed by atoms with E-state index in [-0.39, 0.29) is 0 Å². The van der Waals surface area contributed by atoms with Gasteiger partial charge in [-0.2, -0.15) is 0 Å². The first kappa shape index (κ1) is 11.0. The molecule has 1 aromatic heterocycles. The van der Waals surface area contributed by atoms with E-state index in [2.05, 4.69) is 10.3 Å². The van der Waals surface area contributed by atoms with Gasteiger partial charge in [0.2, 0.25) is 0 Å². The standard InChI is InChI=1S/C11H9Cl2N3/c12-9-5-8(6-10(13)11(9)14)16-7-1-3-15-4-2-7/h1-6H,14H2,(H,15,16). The third-order valence-electron chi connectivity index (χ3n) is 2.05. The third-order valence-corrected chi connectivity index (χ3v) is 2.67. The van der Waals surface area contributed by atoms with Gasteiger partial charge < -0.3 is 11.1 Å². The maximum Gasteiger partial charge on any atom is 0.0694 e. The second kappa shape index (κ2) is 4.60. The highest BCUT2D eigenvalue weighted by Gasteiger charge is 2.04. The lowest BCUT2D eigenvalue weighted by Gasteiger charge is -2.08. The van der Waals surface area contributed by atoms with Crippen molar-refractivity contribution in [2.24, 2.45) is 0 Å². The van der Waals surface area contributed by atoms with Crippen molar-refractivity contribution in [2.75, 3.05) is 11.1 Å². The average molecular weight is 254 g/mol. The highest BCUT2D eigenvalue weighted by Crippen LogP contribution is 2.32. The molecule has 0 unspecified atom stereocenters. The monoisotopic (exact) mass is 253 g/mol. The van der Waals surface area contributed by atoms with Gasteiger partial charge in [0.1, 0.15) is 0 Å². The van der Waals surface area contributed by atoms with Crippen LogP contribution in [0.5, 0.6) is 0 Å². The molecule has 16 heavy (non-hydrogen) atoms. The van der Waals surface area contributed by atoms with E-state index < -0.39 is 0 Å². The molecule has 0 atom stereocenters. The second-order valence-electron chi connectivity index (χ2n) is 3.21. The first-order valence-corrected chi connectivity index (χ1v) is 5.34. The summed E-state index contributed by atoms with van der Waals surface area (Å²) in [6.45, 7) is 0. The second-order valence-corrected chi connectivity index (χ2v) is 4.03. The Labute approximate surface area is 103 Å². The van der Waals surface area contributed by atoms with E-state index in [1.54, 1.807) is 24.5 Å². The molecule has 0 bridgehead atoms.